The van der Waals surface area contributed by atoms with Gasteiger partial charge in [0.15, 0.2) is 6.61 Å². The van der Waals surface area contributed by atoms with E-state index in [1.807, 2.05) is 18.0 Å². The molecule has 128 valence electrons. The Labute approximate surface area is 147 Å². The fourth-order valence-corrected chi connectivity index (χ4v) is 3.81. The number of benzene rings is 1. The van der Waals surface area contributed by atoms with Gasteiger partial charge in [-0.2, -0.15) is 5.26 Å². The van der Waals surface area contributed by atoms with Gasteiger partial charge in [-0.05, 0) is 25.0 Å². The third-order valence-electron chi connectivity index (χ3n) is 4.24. The Balaban J connectivity index is 1.95. The molecule has 1 fully saturated rings. The maximum absolute atomic E-state index is 12.4. The van der Waals surface area contributed by atoms with Crippen molar-refractivity contribution in [1.29, 1.82) is 5.26 Å². The molecule has 0 unspecified atom stereocenters. The Bertz CT molecular complexity index is 621. The Morgan fingerprint density at radius 3 is 2.71 bits per heavy atom. The molecule has 0 radical (unpaired) electrons. The van der Waals surface area contributed by atoms with E-state index in [2.05, 4.69) is 0 Å². The maximum atomic E-state index is 12.4. The molecule has 24 heavy (non-hydrogen) atoms. The standard InChI is InChI=1S/C18H22N2O3S/c1-20(14-7-3-2-4-8-14)17(21)13-24-16-10-6-5-9-15(16)18(22)23-12-11-19/h5-6,9-10,14H,2-4,7-8,12-13H2,1H3. The van der Waals surface area contributed by atoms with Crippen molar-refractivity contribution < 1.29 is 14.3 Å². The largest absolute Gasteiger partial charge is 0.447 e. The van der Waals surface area contributed by atoms with Crippen molar-refractivity contribution in [1.82, 2.24) is 4.90 Å². The van der Waals surface area contributed by atoms with Crippen LogP contribution in [0.4, 0.5) is 0 Å². The Morgan fingerprint density at radius 1 is 1.29 bits per heavy atom. The number of thioether (sulfide) groups is 1. The summed E-state index contributed by atoms with van der Waals surface area (Å²) in [6, 6.07) is 9.12. The predicted molar refractivity (Wildman–Crippen MR) is 92.7 cm³/mol. The summed E-state index contributed by atoms with van der Waals surface area (Å²) in [6.07, 6.45) is 5.77. The van der Waals surface area contributed by atoms with Gasteiger partial charge >= 0.3 is 5.97 Å². The zero-order valence-electron chi connectivity index (χ0n) is 13.9. The molecular formula is C18H22N2O3S. The molecule has 2 rings (SSSR count). The lowest BCUT2D eigenvalue weighted by Crippen LogP contribution is -2.39. The van der Waals surface area contributed by atoms with Gasteiger partial charge in [-0.15, -0.1) is 11.8 Å². The minimum Gasteiger partial charge on any atom is -0.447 e. The normalized spacial score (nSPS) is 14.7. The molecule has 0 spiro atoms. The van der Waals surface area contributed by atoms with E-state index in [1.165, 1.54) is 31.0 Å². The van der Waals surface area contributed by atoms with Crippen LogP contribution in [0.5, 0.6) is 0 Å². The lowest BCUT2D eigenvalue weighted by atomic mass is 9.94. The summed E-state index contributed by atoms with van der Waals surface area (Å²) < 4.78 is 4.86. The molecular weight excluding hydrogens is 324 g/mol. The summed E-state index contributed by atoms with van der Waals surface area (Å²) in [6.45, 7) is -0.277. The van der Waals surface area contributed by atoms with Crippen molar-refractivity contribution in [3.05, 3.63) is 29.8 Å². The summed E-state index contributed by atoms with van der Waals surface area (Å²) in [4.78, 5) is 26.9. The third-order valence-corrected chi connectivity index (χ3v) is 5.30. The second kappa shape index (κ2) is 9.33. The van der Waals surface area contributed by atoms with Crippen molar-refractivity contribution in [3.63, 3.8) is 0 Å². The van der Waals surface area contributed by atoms with Gasteiger partial charge in [-0.1, -0.05) is 31.4 Å². The molecule has 0 heterocycles. The summed E-state index contributed by atoms with van der Waals surface area (Å²) in [5.41, 5.74) is 0.394. The van der Waals surface area contributed by atoms with Crippen LogP contribution in [-0.2, 0) is 9.53 Å². The summed E-state index contributed by atoms with van der Waals surface area (Å²) >= 11 is 1.33. The number of nitriles is 1. The van der Waals surface area contributed by atoms with E-state index in [0.717, 1.165) is 12.8 Å². The highest BCUT2D eigenvalue weighted by atomic mass is 32.2. The van der Waals surface area contributed by atoms with Crippen LogP contribution in [0.1, 0.15) is 42.5 Å². The van der Waals surface area contributed by atoms with Crippen LogP contribution in [-0.4, -0.2) is 42.2 Å². The number of carbonyl (C=O) groups excluding carboxylic acids is 2. The number of amides is 1. The van der Waals surface area contributed by atoms with Crippen LogP contribution < -0.4 is 0 Å². The zero-order chi connectivity index (χ0) is 17.4. The molecule has 1 aromatic carbocycles. The number of hydrogen-bond donors (Lipinski definition) is 0. The average molecular weight is 346 g/mol. The SMILES string of the molecule is CN(C(=O)CSc1ccccc1C(=O)OCC#N)C1CCCCC1. The summed E-state index contributed by atoms with van der Waals surface area (Å²) in [7, 11) is 1.87. The highest BCUT2D eigenvalue weighted by Gasteiger charge is 2.22. The van der Waals surface area contributed by atoms with Crippen LogP contribution in [0.3, 0.4) is 0 Å². The van der Waals surface area contributed by atoms with Gasteiger partial charge in [0.2, 0.25) is 5.91 Å². The molecule has 1 saturated carbocycles. The van der Waals surface area contributed by atoms with Gasteiger partial charge in [0, 0.05) is 18.0 Å². The Morgan fingerprint density at radius 2 is 2.00 bits per heavy atom. The lowest BCUT2D eigenvalue weighted by Gasteiger charge is -2.31. The van der Waals surface area contributed by atoms with Crippen molar-refractivity contribution in [2.75, 3.05) is 19.4 Å². The van der Waals surface area contributed by atoms with E-state index >= 15 is 0 Å². The molecule has 0 aliphatic heterocycles. The van der Waals surface area contributed by atoms with Gasteiger partial charge in [0.05, 0.1) is 11.3 Å². The molecule has 0 aromatic heterocycles. The van der Waals surface area contributed by atoms with E-state index < -0.39 is 5.97 Å². The van der Waals surface area contributed by atoms with Gasteiger partial charge < -0.3 is 9.64 Å². The number of nitrogens with zero attached hydrogens (tertiary/aromatic N) is 2. The van der Waals surface area contributed by atoms with Gasteiger partial charge in [-0.3, -0.25) is 4.79 Å². The van der Waals surface area contributed by atoms with Crippen LogP contribution in [0.25, 0.3) is 0 Å². The fourth-order valence-electron chi connectivity index (χ4n) is 2.85. The smallest absolute Gasteiger partial charge is 0.340 e. The van der Waals surface area contributed by atoms with Crippen molar-refractivity contribution in [2.24, 2.45) is 0 Å². The van der Waals surface area contributed by atoms with Gasteiger partial charge in [0.1, 0.15) is 6.07 Å². The highest BCUT2D eigenvalue weighted by Crippen LogP contribution is 2.26. The molecule has 6 heteroatoms. The van der Waals surface area contributed by atoms with Crippen LogP contribution in [0, 0.1) is 11.3 Å². The van der Waals surface area contributed by atoms with E-state index in [9.17, 15) is 9.59 Å². The number of esters is 1. The third kappa shape index (κ3) is 5.00. The topological polar surface area (TPSA) is 70.4 Å². The van der Waals surface area contributed by atoms with E-state index in [4.69, 9.17) is 10.00 Å². The summed E-state index contributed by atoms with van der Waals surface area (Å²) in [5, 5.41) is 8.51. The number of carbonyl (C=O) groups is 2. The predicted octanol–water partition coefficient (Wildman–Crippen LogP) is 3.25. The molecule has 1 aliphatic carbocycles. The zero-order valence-corrected chi connectivity index (χ0v) is 14.7. The van der Waals surface area contributed by atoms with Gasteiger partial charge in [-0.25, -0.2) is 4.79 Å². The van der Waals surface area contributed by atoms with Crippen molar-refractivity contribution in [3.8, 4) is 6.07 Å². The molecule has 0 atom stereocenters. The van der Waals surface area contributed by atoms with E-state index in [-0.39, 0.29) is 18.3 Å². The van der Waals surface area contributed by atoms with E-state index in [1.54, 1.807) is 24.3 Å². The minimum atomic E-state index is -0.535. The second-order valence-electron chi connectivity index (χ2n) is 5.82. The Kier molecular flexibility index (Phi) is 7.13. The molecule has 5 nitrogen and oxygen atoms in total. The highest BCUT2D eigenvalue weighted by molar-refractivity contribution is 8.00. The lowest BCUT2D eigenvalue weighted by molar-refractivity contribution is -0.129. The van der Waals surface area contributed by atoms with Crippen molar-refractivity contribution >= 4 is 23.6 Å². The molecule has 1 aliphatic rings. The van der Waals surface area contributed by atoms with Crippen molar-refractivity contribution in [2.45, 2.75) is 43.0 Å². The van der Waals surface area contributed by atoms with Crippen LogP contribution in [0.2, 0.25) is 0 Å². The van der Waals surface area contributed by atoms with E-state index in [0.29, 0.717) is 16.5 Å². The first-order chi connectivity index (χ1) is 11.6. The molecule has 0 saturated heterocycles. The first-order valence-corrected chi connectivity index (χ1v) is 9.13. The quantitative estimate of drug-likeness (QED) is 0.584. The Hall–Kier alpha value is -2.00. The molecule has 0 bridgehead atoms. The first-order valence-electron chi connectivity index (χ1n) is 8.15. The van der Waals surface area contributed by atoms with Crippen LogP contribution in [0.15, 0.2) is 29.2 Å². The number of ether oxygens (including phenoxy) is 1. The number of hydrogen-bond acceptors (Lipinski definition) is 5. The first kappa shape index (κ1) is 18.3. The van der Waals surface area contributed by atoms with Gasteiger partial charge in [0.25, 0.3) is 0 Å². The summed E-state index contributed by atoms with van der Waals surface area (Å²) in [5.74, 6) is -0.171. The monoisotopic (exact) mass is 346 g/mol. The fraction of sp³-hybridized carbons (Fsp3) is 0.500. The molecule has 1 aromatic rings. The average Bonchev–Trinajstić information content (AvgIpc) is 2.64. The maximum Gasteiger partial charge on any atom is 0.340 e. The molecule has 1 amide bonds. The minimum absolute atomic E-state index is 0.0760. The second-order valence-corrected chi connectivity index (χ2v) is 6.83. The van der Waals surface area contributed by atoms with Crippen LogP contribution >= 0.6 is 11.8 Å². The number of rotatable bonds is 6. The molecule has 0 N–H and O–H groups in total.